The molecule has 6 heteroatoms. The Morgan fingerprint density at radius 3 is 3.00 bits per heavy atom. The minimum Gasteiger partial charge on any atom is -0.369 e. The molecule has 0 spiro atoms. The first-order chi connectivity index (χ1) is 11.7. The lowest BCUT2D eigenvalue weighted by Crippen LogP contribution is -2.32. The van der Waals surface area contributed by atoms with Crippen molar-refractivity contribution < 1.29 is 9.18 Å². The van der Waals surface area contributed by atoms with Crippen molar-refractivity contribution in [2.75, 3.05) is 24.5 Å². The van der Waals surface area contributed by atoms with Crippen molar-refractivity contribution in [1.82, 2.24) is 15.1 Å². The Morgan fingerprint density at radius 1 is 1.38 bits per heavy atom. The highest BCUT2D eigenvalue weighted by Crippen LogP contribution is 2.25. The second-order valence-corrected chi connectivity index (χ2v) is 6.20. The number of halogens is 1. The molecule has 128 valence electrons. The van der Waals surface area contributed by atoms with E-state index >= 15 is 0 Å². The number of aromatic nitrogens is 2. The molecular weight excluding hydrogens is 307 g/mol. The molecule has 1 saturated heterocycles. The van der Waals surface area contributed by atoms with Crippen molar-refractivity contribution >= 4 is 11.6 Å². The van der Waals surface area contributed by atoms with E-state index in [9.17, 15) is 9.18 Å². The van der Waals surface area contributed by atoms with Gasteiger partial charge in [0.2, 0.25) is 0 Å². The molecule has 0 radical (unpaired) electrons. The maximum Gasteiger partial charge on any atom is 0.269 e. The van der Waals surface area contributed by atoms with Crippen molar-refractivity contribution in [3.63, 3.8) is 0 Å². The largest absolute Gasteiger partial charge is 0.369 e. The van der Waals surface area contributed by atoms with Gasteiger partial charge in [-0.3, -0.25) is 9.48 Å². The number of rotatable bonds is 6. The van der Waals surface area contributed by atoms with E-state index in [2.05, 4.69) is 17.3 Å². The molecule has 1 aliphatic heterocycles. The fourth-order valence-electron chi connectivity index (χ4n) is 3.17. The Bertz CT molecular complexity index is 700. The van der Waals surface area contributed by atoms with Gasteiger partial charge < -0.3 is 10.2 Å². The summed E-state index contributed by atoms with van der Waals surface area (Å²) in [6, 6.07) is 8.58. The van der Waals surface area contributed by atoms with Gasteiger partial charge in [-0.25, -0.2) is 4.39 Å². The molecule has 5 nitrogen and oxygen atoms in total. The van der Waals surface area contributed by atoms with Crippen LogP contribution in [0.4, 0.5) is 10.1 Å². The maximum atomic E-state index is 13.9. The summed E-state index contributed by atoms with van der Waals surface area (Å²) >= 11 is 0. The Hall–Kier alpha value is -2.37. The van der Waals surface area contributed by atoms with Gasteiger partial charge in [-0.2, -0.15) is 5.10 Å². The Labute approximate surface area is 141 Å². The van der Waals surface area contributed by atoms with Gasteiger partial charge in [0.1, 0.15) is 11.5 Å². The number of hydrogen-bond donors (Lipinski definition) is 1. The van der Waals surface area contributed by atoms with Crippen molar-refractivity contribution in [3.05, 3.63) is 48.0 Å². The third-order valence-electron chi connectivity index (χ3n) is 4.41. The number of amides is 1. The van der Waals surface area contributed by atoms with Crippen LogP contribution in [0.25, 0.3) is 0 Å². The minimum atomic E-state index is -0.189. The molecular formula is C18H23FN4O. The molecule has 1 atom stereocenters. The second-order valence-electron chi connectivity index (χ2n) is 6.20. The summed E-state index contributed by atoms with van der Waals surface area (Å²) in [7, 11) is 0. The summed E-state index contributed by atoms with van der Waals surface area (Å²) in [6.45, 7) is 4.96. The van der Waals surface area contributed by atoms with Crippen LogP contribution < -0.4 is 10.2 Å². The summed E-state index contributed by atoms with van der Waals surface area (Å²) in [5.41, 5.74) is 1.24. The highest BCUT2D eigenvalue weighted by molar-refractivity contribution is 5.92. The van der Waals surface area contributed by atoms with Crippen molar-refractivity contribution in [3.8, 4) is 0 Å². The normalized spacial score (nSPS) is 17.2. The van der Waals surface area contributed by atoms with Crippen LogP contribution in [0.15, 0.2) is 36.5 Å². The smallest absolute Gasteiger partial charge is 0.269 e. The molecule has 1 aromatic heterocycles. The monoisotopic (exact) mass is 330 g/mol. The van der Waals surface area contributed by atoms with Crippen LogP contribution >= 0.6 is 0 Å². The van der Waals surface area contributed by atoms with Crippen molar-refractivity contribution in [2.45, 2.75) is 26.3 Å². The Morgan fingerprint density at radius 2 is 2.21 bits per heavy atom. The topological polar surface area (TPSA) is 50.2 Å². The fraction of sp³-hybridized carbons (Fsp3) is 0.444. The number of aryl methyl sites for hydroxylation is 1. The van der Waals surface area contributed by atoms with Gasteiger partial charge in [0.25, 0.3) is 5.91 Å². The van der Waals surface area contributed by atoms with E-state index in [-0.39, 0.29) is 11.7 Å². The summed E-state index contributed by atoms with van der Waals surface area (Å²) in [5, 5.41) is 7.17. The van der Waals surface area contributed by atoms with Crippen LogP contribution in [0.3, 0.4) is 0 Å². The van der Waals surface area contributed by atoms with Gasteiger partial charge in [0, 0.05) is 32.4 Å². The molecule has 1 amide bonds. The molecule has 1 aliphatic rings. The zero-order valence-corrected chi connectivity index (χ0v) is 13.9. The summed E-state index contributed by atoms with van der Waals surface area (Å²) in [4.78, 5) is 14.4. The van der Waals surface area contributed by atoms with Crippen LogP contribution in [0.1, 0.15) is 30.3 Å². The SMILES string of the molecule is CCCn1nccc1C(=O)NCC1CCN(c2ccccc2F)C1. The average molecular weight is 330 g/mol. The summed E-state index contributed by atoms with van der Waals surface area (Å²) in [5.74, 6) is 0.0482. The molecule has 2 aromatic rings. The molecule has 1 fully saturated rings. The first kappa shape index (κ1) is 16.5. The standard InChI is InChI=1S/C18H23FN4O/c1-2-10-23-17(7-9-21-23)18(24)20-12-14-8-11-22(13-14)16-6-4-3-5-15(16)19/h3-7,9,14H,2,8,10-13H2,1H3,(H,20,24). The summed E-state index contributed by atoms with van der Waals surface area (Å²) in [6.07, 6.45) is 3.53. The zero-order valence-electron chi connectivity index (χ0n) is 13.9. The lowest BCUT2D eigenvalue weighted by molar-refractivity contribution is 0.0937. The number of para-hydroxylation sites is 1. The van der Waals surface area contributed by atoms with Crippen LogP contribution in [0.5, 0.6) is 0 Å². The van der Waals surface area contributed by atoms with E-state index in [1.807, 2.05) is 11.0 Å². The predicted molar refractivity (Wildman–Crippen MR) is 91.6 cm³/mol. The number of carbonyl (C=O) groups excluding carboxylic acids is 1. The maximum absolute atomic E-state index is 13.9. The average Bonchev–Trinajstić information content (AvgIpc) is 3.23. The van der Waals surface area contributed by atoms with Gasteiger partial charge in [-0.1, -0.05) is 19.1 Å². The zero-order chi connectivity index (χ0) is 16.9. The van der Waals surface area contributed by atoms with E-state index in [4.69, 9.17) is 0 Å². The molecule has 2 heterocycles. The summed E-state index contributed by atoms with van der Waals surface area (Å²) < 4.78 is 15.6. The van der Waals surface area contributed by atoms with Crippen molar-refractivity contribution in [1.29, 1.82) is 0 Å². The highest BCUT2D eigenvalue weighted by atomic mass is 19.1. The lowest BCUT2D eigenvalue weighted by atomic mass is 10.1. The number of hydrogen-bond acceptors (Lipinski definition) is 3. The van der Waals surface area contributed by atoms with Gasteiger partial charge in [-0.15, -0.1) is 0 Å². The number of carbonyl (C=O) groups is 1. The van der Waals surface area contributed by atoms with Crippen LogP contribution in [-0.4, -0.2) is 35.3 Å². The van der Waals surface area contributed by atoms with Crippen LogP contribution in [0.2, 0.25) is 0 Å². The van der Waals surface area contributed by atoms with Crippen LogP contribution in [0, 0.1) is 11.7 Å². The first-order valence-electron chi connectivity index (χ1n) is 8.48. The Kier molecular flexibility index (Phi) is 5.13. The molecule has 1 N–H and O–H groups in total. The third kappa shape index (κ3) is 3.58. The number of benzene rings is 1. The number of anilines is 1. The number of nitrogens with one attached hydrogen (secondary N) is 1. The highest BCUT2D eigenvalue weighted by Gasteiger charge is 2.25. The van der Waals surface area contributed by atoms with E-state index in [1.165, 1.54) is 6.07 Å². The molecule has 0 aliphatic carbocycles. The van der Waals surface area contributed by atoms with Gasteiger partial charge in [0.05, 0.1) is 5.69 Å². The Balaban J connectivity index is 1.54. The minimum absolute atomic E-state index is 0.0923. The molecule has 0 saturated carbocycles. The van der Waals surface area contributed by atoms with Gasteiger partial charge >= 0.3 is 0 Å². The lowest BCUT2D eigenvalue weighted by Gasteiger charge is -2.19. The van der Waals surface area contributed by atoms with E-state index in [0.717, 1.165) is 32.5 Å². The molecule has 24 heavy (non-hydrogen) atoms. The van der Waals surface area contributed by atoms with Gasteiger partial charge in [-0.05, 0) is 37.0 Å². The molecule has 1 aromatic carbocycles. The van der Waals surface area contributed by atoms with Gasteiger partial charge in [0.15, 0.2) is 0 Å². The first-order valence-corrected chi connectivity index (χ1v) is 8.48. The van der Waals surface area contributed by atoms with E-state index in [1.54, 1.807) is 29.1 Å². The third-order valence-corrected chi connectivity index (χ3v) is 4.41. The molecule has 0 bridgehead atoms. The second kappa shape index (κ2) is 7.47. The van der Waals surface area contributed by atoms with E-state index < -0.39 is 0 Å². The molecule has 1 unspecified atom stereocenters. The predicted octanol–water partition coefficient (Wildman–Crippen LogP) is 2.69. The van der Waals surface area contributed by atoms with Crippen molar-refractivity contribution in [2.24, 2.45) is 5.92 Å². The van der Waals surface area contributed by atoms with E-state index in [0.29, 0.717) is 23.8 Å². The quantitative estimate of drug-likeness (QED) is 0.886. The molecule has 3 rings (SSSR count). The van der Waals surface area contributed by atoms with Crippen LogP contribution in [-0.2, 0) is 6.54 Å². The number of nitrogens with zero attached hydrogens (tertiary/aromatic N) is 3. The fourth-order valence-corrected chi connectivity index (χ4v) is 3.17.